The Kier molecular flexibility index (Phi) is 4.82. The highest BCUT2D eigenvalue weighted by Gasteiger charge is 2.31. The fraction of sp³-hybridized carbons (Fsp3) is 0.148. The number of aliphatic hydroxyl groups excluding tert-OH is 1. The van der Waals surface area contributed by atoms with E-state index in [9.17, 15) is 5.11 Å². The molecule has 3 aromatic carbocycles. The van der Waals surface area contributed by atoms with Crippen molar-refractivity contribution in [2.75, 3.05) is 0 Å². The van der Waals surface area contributed by atoms with Gasteiger partial charge in [0.05, 0.1) is 30.4 Å². The second kappa shape index (κ2) is 7.77. The van der Waals surface area contributed by atoms with E-state index in [2.05, 4.69) is 65.0 Å². The number of nitrogens with zero attached hydrogens (tertiary/aromatic N) is 2. The summed E-state index contributed by atoms with van der Waals surface area (Å²) in [5.41, 5.74) is 8.12. The topological polar surface area (TPSA) is 38.0 Å². The molecule has 2 atom stereocenters. The molecule has 3 nitrogen and oxygen atoms in total. The van der Waals surface area contributed by atoms with Crippen LogP contribution in [0.15, 0.2) is 97.5 Å². The molecule has 0 fully saturated rings. The molecule has 3 heteroatoms. The van der Waals surface area contributed by atoms with Gasteiger partial charge in [-0.2, -0.15) is 0 Å². The molecule has 5 rings (SSSR count). The van der Waals surface area contributed by atoms with E-state index in [1.165, 1.54) is 22.3 Å². The SMILES string of the molecule is CC1=C(c2ccccc2)C(CC(O)c2ccc(-c3ccccc3)cc2)n2cncc21. The van der Waals surface area contributed by atoms with Crippen molar-refractivity contribution >= 4 is 11.1 Å². The van der Waals surface area contributed by atoms with Gasteiger partial charge in [0.15, 0.2) is 0 Å². The van der Waals surface area contributed by atoms with Crippen LogP contribution in [-0.2, 0) is 0 Å². The Balaban J connectivity index is 1.43. The first kappa shape index (κ1) is 18.6. The third kappa shape index (κ3) is 3.27. The van der Waals surface area contributed by atoms with Gasteiger partial charge in [-0.1, -0.05) is 84.9 Å². The smallest absolute Gasteiger partial charge is 0.0956 e. The third-order valence-corrected chi connectivity index (χ3v) is 6.06. The van der Waals surface area contributed by atoms with Gasteiger partial charge >= 0.3 is 0 Å². The maximum Gasteiger partial charge on any atom is 0.0956 e. The van der Waals surface area contributed by atoms with Crippen molar-refractivity contribution in [1.29, 1.82) is 0 Å². The number of benzene rings is 3. The number of hydrogen-bond donors (Lipinski definition) is 1. The van der Waals surface area contributed by atoms with Crippen LogP contribution in [-0.4, -0.2) is 14.7 Å². The van der Waals surface area contributed by atoms with Crippen LogP contribution in [0.4, 0.5) is 0 Å². The fourth-order valence-corrected chi connectivity index (χ4v) is 4.50. The van der Waals surface area contributed by atoms with E-state index in [0.717, 1.165) is 16.8 Å². The van der Waals surface area contributed by atoms with Crippen LogP contribution < -0.4 is 0 Å². The van der Waals surface area contributed by atoms with Crippen molar-refractivity contribution in [1.82, 2.24) is 9.55 Å². The average molecular weight is 393 g/mol. The monoisotopic (exact) mass is 392 g/mol. The molecule has 0 aliphatic carbocycles. The molecular formula is C27H24N2O. The Hall–Kier alpha value is -3.43. The average Bonchev–Trinajstić information content (AvgIpc) is 3.38. The lowest BCUT2D eigenvalue weighted by Gasteiger charge is -2.22. The van der Waals surface area contributed by atoms with Crippen molar-refractivity contribution in [3.63, 3.8) is 0 Å². The van der Waals surface area contributed by atoms with Crippen LogP contribution in [0, 0.1) is 0 Å². The van der Waals surface area contributed by atoms with Gasteiger partial charge in [0.2, 0.25) is 0 Å². The molecule has 30 heavy (non-hydrogen) atoms. The molecule has 2 unspecified atom stereocenters. The van der Waals surface area contributed by atoms with Crippen LogP contribution >= 0.6 is 0 Å². The Labute approximate surface area is 177 Å². The minimum Gasteiger partial charge on any atom is -0.388 e. The maximum absolute atomic E-state index is 11.1. The number of aromatic nitrogens is 2. The van der Waals surface area contributed by atoms with Gasteiger partial charge in [-0.05, 0) is 40.3 Å². The summed E-state index contributed by atoms with van der Waals surface area (Å²) in [5, 5.41) is 11.1. The first-order valence-corrected chi connectivity index (χ1v) is 10.3. The van der Waals surface area contributed by atoms with Crippen molar-refractivity contribution in [3.05, 3.63) is 114 Å². The highest BCUT2D eigenvalue weighted by atomic mass is 16.3. The summed E-state index contributed by atoms with van der Waals surface area (Å²) in [5.74, 6) is 0. The Morgan fingerprint density at radius 2 is 1.43 bits per heavy atom. The van der Waals surface area contributed by atoms with Gasteiger partial charge in [0, 0.05) is 6.42 Å². The molecule has 4 aromatic rings. The second-order valence-corrected chi connectivity index (χ2v) is 7.85. The molecular weight excluding hydrogens is 368 g/mol. The zero-order valence-electron chi connectivity index (χ0n) is 16.9. The Morgan fingerprint density at radius 3 is 2.10 bits per heavy atom. The number of aliphatic hydroxyl groups is 1. The van der Waals surface area contributed by atoms with Crippen LogP contribution in [0.25, 0.3) is 22.3 Å². The second-order valence-electron chi connectivity index (χ2n) is 7.85. The van der Waals surface area contributed by atoms with Crippen LogP contribution in [0.1, 0.15) is 42.3 Å². The third-order valence-electron chi connectivity index (χ3n) is 6.06. The molecule has 0 radical (unpaired) electrons. The fourth-order valence-electron chi connectivity index (χ4n) is 4.50. The number of fused-ring (bicyclic) bond motifs is 1. The van der Waals surface area contributed by atoms with Gasteiger partial charge in [0.1, 0.15) is 0 Å². The van der Waals surface area contributed by atoms with Crippen molar-refractivity contribution in [2.24, 2.45) is 0 Å². The standard InChI is InChI=1S/C27H24N2O/c1-19-25-17-28-18-29(25)24(27(19)23-10-6-3-7-11-23)16-26(30)22-14-12-21(13-15-22)20-8-4-2-5-9-20/h2-15,17-18,24,26,30H,16H2,1H3. The molecule has 0 saturated heterocycles. The first-order valence-electron chi connectivity index (χ1n) is 10.3. The van der Waals surface area contributed by atoms with Gasteiger partial charge < -0.3 is 9.67 Å². The number of rotatable bonds is 5. The lowest BCUT2D eigenvalue weighted by Crippen LogP contribution is -2.12. The Bertz CT molecular complexity index is 1170. The number of allylic oxidation sites excluding steroid dienone is 2. The Morgan fingerprint density at radius 1 is 0.833 bits per heavy atom. The summed E-state index contributed by atoms with van der Waals surface area (Å²) in [6.07, 6.45) is 3.85. The highest BCUT2D eigenvalue weighted by Crippen LogP contribution is 2.45. The minimum atomic E-state index is -0.556. The van der Waals surface area contributed by atoms with Crippen molar-refractivity contribution in [2.45, 2.75) is 25.5 Å². The highest BCUT2D eigenvalue weighted by molar-refractivity contribution is 5.93. The normalized spacial score (nSPS) is 16.5. The number of imidazole rings is 1. The minimum absolute atomic E-state index is 0.0636. The van der Waals surface area contributed by atoms with E-state index < -0.39 is 6.10 Å². The van der Waals surface area contributed by atoms with E-state index in [4.69, 9.17) is 0 Å². The zero-order valence-corrected chi connectivity index (χ0v) is 16.9. The lowest BCUT2D eigenvalue weighted by molar-refractivity contribution is 0.156. The molecule has 0 spiro atoms. The molecule has 0 saturated carbocycles. The van der Waals surface area contributed by atoms with E-state index in [-0.39, 0.29) is 6.04 Å². The van der Waals surface area contributed by atoms with Crippen LogP contribution in [0.3, 0.4) is 0 Å². The van der Waals surface area contributed by atoms with E-state index in [0.29, 0.717) is 6.42 Å². The molecule has 1 aliphatic heterocycles. The predicted molar refractivity (Wildman–Crippen MR) is 122 cm³/mol. The van der Waals surface area contributed by atoms with Crippen LogP contribution in [0.5, 0.6) is 0 Å². The molecule has 1 N–H and O–H groups in total. The predicted octanol–water partition coefficient (Wildman–Crippen LogP) is 6.16. The molecule has 0 amide bonds. The van der Waals surface area contributed by atoms with Gasteiger partial charge in [-0.15, -0.1) is 0 Å². The lowest BCUT2D eigenvalue weighted by atomic mass is 9.90. The van der Waals surface area contributed by atoms with Gasteiger partial charge in [-0.3, -0.25) is 0 Å². The summed E-state index contributed by atoms with van der Waals surface area (Å²) in [6, 6.07) is 29.1. The van der Waals surface area contributed by atoms with Crippen molar-refractivity contribution < 1.29 is 5.11 Å². The van der Waals surface area contributed by atoms with Crippen LogP contribution in [0.2, 0.25) is 0 Å². The molecule has 1 aromatic heterocycles. The first-order chi connectivity index (χ1) is 14.7. The van der Waals surface area contributed by atoms with Gasteiger partial charge in [-0.25, -0.2) is 4.98 Å². The zero-order chi connectivity index (χ0) is 20.5. The summed E-state index contributed by atoms with van der Waals surface area (Å²) < 4.78 is 2.19. The summed E-state index contributed by atoms with van der Waals surface area (Å²) >= 11 is 0. The maximum atomic E-state index is 11.1. The van der Waals surface area contributed by atoms with E-state index in [1.54, 1.807) is 0 Å². The van der Waals surface area contributed by atoms with Gasteiger partial charge in [0.25, 0.3) is 0 Å². The number of hydrogen-bond acceptors (Lipinski definition) is 2. The summed E-state index contributed by atoms with van der Waals surface area (Å²) in [4.78, 5) is 4.34. The molecule has 148 valence electrons. The largest absolute Gasteiger partial charge is 0.388 e. The molecule has 0 bridgehead atoms. The molecule has 2 heterocycles. The molecule has 1 aliphatic rings. The summed E-state index contributed by atoms with van der Waals surface area (Å²) in [7, 11) is 0. The van der Waals surface area contributed by atoms with E-state index in [1.807, 2.05) is 48.9 Å². The van der Waals surface area contributed by atoms with E-state index >= 15 is 0 Å². The van der Waals surface area contributed by atoms with Crippen molar-refractivity contribution in [3.8, 4) is 11.1 Å². The quantitative estimate of drug-likeness (QED) is 0.442. The summed E-state index contributed by atoms with van der Waals surface area (Å²) in [6.45, 7) is 2.15.